The summed E-state index contributed by atoms with van der Waals surface area (Å²) in [5.74, 6) is -1.46. The number of benzene rings is 1. The number of hydrogen-bond donors (Lipinski definition) is 1. The summed E-state index contributed by atoms with van der Waals surface area (Å²) in [5.41, 5.74) is 0.445. The van der Waals surface area contributed by atoms with Crippen molar-refractivity contribution in [2.75, 3.05) is 6.61 Å². The molecule has 0 aliphatic heterocycles. The van der Waals surface area contributed by atoms with Crippen LogP contribution in [0.25, 0.3) is 0 Å². The lowest BCUT2D eigenvalue weighted by atomic mass is 10.1. The van der Waals surface area contributed by atoms with Gasteiger partial charge in [-0.15, -0.1) is 0 Å². The zero-order valence-electron chi connectivity index (χ0n) is 7.74. The van der Waals surface area contributed by atoms with Crippen molar-refractivity contribution in [1.29, 1.82) is 0 Å². The topological polar surface area (TPSA) is 46.5 Å². The van der Waals surface area contributed by atoms with Crippen molar-refractivity contribution < 1.29 is 19.0 Å². The molecule has 1 rings (SSSR count). The Morgan fingerprint density at radius 2 is 2.07 bits per heavy atom. The van der Waals surface area contributed by atoms with Crippen molar-refractivity contribution in [3.8, 4) is 0 Å². The summed E-state index contributed by atoms with van der Waals surface area (Å²) in [6, 6.07) is 5.24. The van der Waals surface area contributed by atoms with Crippen molar-refractivity contribution in [3.05, 3.63) is 35.6 Å². The number of ether oxygens (including phenoxy) is 1. The molecule has 0 heterocycles. The zero-order chi connectivity index (χ0) is 10.6. The average molecular weight is 198 g/mol. The largest absolute Gasteiger partial charge is 0.479 e. The van der Waals surface area contributed by atoms with E-state index < -0.39 is 17.9 Å². The van der Waals surface area contributed by atoms with E-state index in [1.807, 2.05) is 0 Å². The minimum Gasteiger partial charge on any atom is -0.479 e. The van der Waals surface area contributed by atoms with Gasteiger partial charge in [0, 0.05) is 6.61 Å². The predicted molar refractivity (Wildman–Crippen MR) is 48.4 cm³/mol. The molecule has 3 nitrogen and oxygen atoms in total. The first kappa shape index (κ1) is 10.7. The lowest BCUT2D eigenvalue weighted by Crippen LogP contribution is -2.15. The van der Waals surface area contributed by atoms with Crippen LogP contribution in [0.3, 0.4) is 0 Å². The summed E-state index contributed by atoms with van der Waals surface area (Å²) in [6.45, 7) is 2.01. The fourth-order valence-corrected chi connectivity index (χ4v) is 1.11. The molecule has 14 heavy (non-hydrogen) atoms. The molecule has 0 spiro atoms. The Balaban J connectivity index is 2.87. The summed E-state index contributed by atoms with van der Waals surface area (Å²) >= 11 is 0. The van der Waals surface area contributed by atoms with Crippen LogP contribution in [0, 0.1) is 5.82 Å². The van der Waals surface area contributed by atoms with E-state index in [2.05, 4.69) is 0 Å². The van der Waals surface area contributed by atoms with Crippen LogP contribution in [0.2, 0.25) is 0 Å². The van der Waals surface area contributed by atoms with Crippen molar-refractivity contribution >= 4 is 5.97 Å². The number of carboxylic acids is 1. The van der Waals surface area contributed by atoms with Gasteiger partial charge in [0.2, 0.25) is 0 Å². The Hall–Kier alpha value is -1.42. The van der Waals surface area contributed by atoms with Gasteiger partial charge in [0.25, 0.3) is 0 Å². The first-order valence-electron chi connectivity index (χ1n) is 4.25. The highest BCUT2D eigenvalue weighted by molar-refractivity contribution is 5.74. The molecule has 0 bridgehead atoms. The van der Waals surface area contributed by atoms with Crippen LogP contribution in [0.15, 0.2) is 24.3 Å². The van der Waals surface area contributed by atoms with Gasteiger partial charge in [-0.2, -0.15) is 0 Å². The quantitative estimate of drug-likeness (QED) is 0.804. The molecule has 1 atom stereocenters. The van der Waals surface area contributed by atoms with Gasteiger partial charge in [-0.3, -0.25) is 0 Å². The molecule has 0 fully saturated rings. The number of rotatable bonds is 4. The van der Waals surface area contributed by atoms with Crippen molar-refractivity contribution in [3.63, 3.8) is 0 Å². The molecule has 0 aliphatic rings. The maximum atomic E-state index is 12.5. The molecule has 1 N–H and O–H groups in total. The van der Waals surface area contributed by atoms with E-state index in [0.717, 1.165) is 0 Å². The predicted octanol–water partition coefficient (Wildman–Crippen LogP) is 1.99. The van der Waals surface area contributed by atoms with Gasteiger partial charge in [0.15, 0.2) is 6.10 Å². The average Bonchev–Trinajstić information content (AvgIpc) is 2.15. The van der Waals surface area contributed by atoms with Crippen LogP contribution in [-0.4, -0.2) is 17.7 Å². The molecule has 0 saturated heterocycles. The van der Waals surface area contributed by atoms with Crippen LogP contribution in [0.4, 0.5) is 4.39 Å². The van der Waals surface area contributed by atoms with E-state index in [1.54, 1.807) is 6.92 Å². The third-order valence-electron chi connectivity index (χ3n) is 1.73. The van der Waals surface area contributed by atoms with Gasteiger partial charge in [0.1, 0.15) is 5.82 Å². The summed E-state index contributed by atoms with van der Waals surface area (Å²) in [5, 5.41) is 8.81. The zero-order valence-corrected chi connectivity index (χ0v) is 7.74. The maximum absolute atomic E-state index is 12.5. The minimum atomic E-state index is -1.07. The van der Waals surface area contributed by atoms with Crippen LogP contribution < -0.4 is 0 Å². The fraction of sp³-hybridized carbons (Fsp3) is 0.300. The fourth-order valence-electron chi connectivity index (χ4n) is 1.11. The molecule has 0 aliphatic carbocycles. The van der Waals surface area contributed by atoms with Crippen molar-refractivity contribution in [1.82, 2.24) is 0 Å². The molecule has 4 heteroatoms. The highest BCUT2D eigenvalue weighted by Crippen LogP contribution is 2.17. The highest BCUT2D eigenvalue weighted by Gasteiger charge is 2.19. The van der Waals surface area contributed by atoms with Crippen molar-refractivity contribution in [2.45, 2.75) is 13.0 Å². The highest BCUT2D eigenvalue weighted by atomic mass is 19.1. The molecule has 1 unspecified atom stereocenters. The number of halogens is 1. The molecule has 0 aromatic heterocycles. The molecule has 0 amide bonds. The number of carbonyl (C=O) groups is 1. The van der Waals surface area contributed by atoms with Gasteiger partial charge >= 0.3 is 5.97 Å². The first-order chi connectivity index (χ1) is 6.65. The summed E-state index contributed by atoms with van der Waals surface area (Å²) < 4.78 is 17.6. The van der Waals surface area contributed by atoms with Crippen molar-refractivity contribution in [2.24, 2.45) is 0 Å². The van der Waals surface area contributed by atoms with Gasteiger partial charge in [-0.25, -0.2) is 9.18 Å². The third kappa shape index (κ3) is 2.53. The first-order valence-corrected chi connectivity index (χ1v) is 4.25. The molecule has 1 aromatic carbocycles. The molecule has 0 radical (unpaired) electrons. The lowest BCUT2D eigenvalue weighted by molar-refractivity contribution is -0.150. The van der Waals surface area contributed by atoms with E-state index in [0.29, 0.717) is 12.2 Å². The van der Waals surface area contributed by atoms with Crippen LogP contribution in [0.5, 0.6) is 0 Å². The Morgan fingerprint density at radius 3 is 2.50 bits per heavy atom. The molecule has 76 valence electrons. The van der Waals surface area contributed by atoms with Crippen LogP contribution >= 0.6 is 0 Å². The Labute approximate surface area is 81.1 Å². The van der Waals surface area contributed by atoms with Gasteiger partial charge in [-0.05, 0) is 24.6 Å². The second-order valence-corrected chi connectivity index (χ2v) is 2.73. The van der Waals surface area contributed by atoms with E-state index in [-0.39, 0.29) is 0 Å². The number of carboxylic acid groups (broad SMARTS) is 1. The summed E-state index contributed by atoms with van der Waals surface area (Å²) in [4.78, 5) is 10.8. The van der Waals surface area contributed by atoms with Gasteiger partial charge in [-0.1, -0.05) is 12.1 Å². The molecular formula is C10H11FO3. The van der Waals surface area contributed by atoms with E-state index >= 15 is 0 Å². The Kier molecular flexibility index (Phi) is 3.59. The smallest absolute Gasteiger partial charge is 0.337 e. The lowest BCUT2D eigenvalue weighted by Gasteiger charge is -2.12. The standard InChI is InChI=1S/C10H11FO3/c1-2-14-9(10(12)13)7-3-5-8(11)6-4-7/h3-6,9H,2H2,1H3,(H,12,13). The summed E-state index contributed by atoms with van der Waals surface area (Å²) in [6.07, 6.45) is -1.01. The van der Waals surface area contributed by atoms with Gasteiger partial charge < -0.3 is 9.84 Å². The Morgan fingerprint density at radius 1 is 1.50 bits per heavy atom. The second kappa shape index (κ2) is 4.72. The van der Waals surface area contributed by atoms with Crippen LogP contribution in [0.1, 0.15) is 18.6 Å². The maximum Gasteiger partial charge on any atom is 0.337 e. The van der Waals surface area contributed by atoms with Crippen LogP contribution in [-0.2, 0) is 9.53 Å². The molecular weight excluding hydrogens is 187 g/mol. The van der Waals surface area contributed by atoms with E-state index in [4.69, 9.17) is 9.84 Å². The second-order valence-electron chi connectivity index (χ2n) is 2.73. The SMILES string of the molecule is CCOC(C(=O)O)c1ccc(F)cc1. The Bertz CT molecular complexity index is 308. The van der Waals surface area contributed by atoms with E-state index in [1.165, 1.54) is 24.3 Å². The summed E-state index contributed by atoms with van der Waals surface area (Å²) in [7, 11) is 0. The number of aliphatic carboxylic acids is 1. The normalized spacial score (nSPS) is 12.4. The number of hydrogen-bond acceptors (Lipinski definition) is 2. The minimum absolute atomic E-state index is 0.300. The van der Waals surface area contributed by atoms with Gasteiger partial charge in [0.05, 0.1) is 0 Å². The van der Waals surface area contributed by atoms with E-state index in [9.17, 15) is 9.18 Å². The molecule has 0 saturated carbocycles. The monoisotopic (exact) mass is 198 g/mol. The third-order valence-corrected chi connectivity index (χ3v) is 1.73. The molecule has 1 aromatic rings.